The van der Waals surface area contributed by atoms with E-state index in [1.807, 2.05) is 18.4 Å². The zero-order chi connectivity index (χ0) is 18.3. The Morgan fingerprint density at radius 2 is 2.20 bits per heavy atom. The predicted molar refractivity (Wildman–Crippen MR) is 93.8 cm³/mol. The minimum Gasteiger partial charge on any atom is -0.394 e. The highest BCUT2D eigenvalue weighted by Gasteiger charge is 2.41. The van der Waals surface area contributed by atoms with Gasteiger partial charge >= 0.3 is 0 Å². The van der Waals surface area contributed by atoms with Gasteiger partial charge in [-0.15, -0.1) is 0 Å². The van der Waals surface area contributed by atoms with Gasteiger partial charge in [0.05, 0.1) is 24.7 Å². The van der Waals surface area contributed by atoms with E-state index >= 15 is 0 Å². The van der Waals surface area contributed by atoms with Crippen molar-refractivity contribution in [1.29, 1.82) is 0 Å². The van der Waals surface area contributed by atoms with Crippen LogP contribution in [0.3, 0.4) is 0 Å². The zero-order valence-corrected chi connectivity index (χ0v) is 15.0. The highest BCUT2D eigenvalue weighted by atomic mass is 16.5. The molecule has 2 aliphatic heterocycles. The van der Waals surface area contributed by atoms with E-state index in [0.29, 0.717) is 23.2 Å². The first kappa shape index (κ1) is 17.6. The molecule has 0 aliphatic carbocycles. The van der Waals surface area contributed by atoms with Gasteiger partial charge in [0.25, 0.3) is 0 Å². The minimum atomic E-state index is -0.278. The quantitative estimate of drug-likeness (QED) is 0.767. The van der Waals surface area contributed by atoms with Crippen LogP contribution in [0.1, 0.15) is 39.6 Å². The molecule has 0 bridgehead atoms. The number of aliphatic imine (C=N–C) groups is 1. The van der Waals surface area contributed by atoms with Crippen LogP contribution in [0.25, 0.3) is 5.70 Å². The molecule has 1 amide bonds. The molecule has 8 nitrogen and oxygen atoms in total. The monoisotopic (exact) mass is 347 g/mol. The molecule has 3 heterocycles. The summed E-state index contributed by atoms with van der Waals surface area (Å²) >= 11 is 0. The number of hydrogen-bond acceptors (Lipinski definition) is 6. The molecule has 0 spiro atoms. The average molecular weight is 347 g/mol. The number of carbonyl (C=O) groups excluding carboxylic acids is 1. The SMILES string of the molecule is C=C1NC(NC(=O)C(C)C)=Nc2c1ncn2[C@@H]1O[C@H](CO)C(C)C1C. The van der Waals surface area contributed by atoms with Gasteiger partial charge in [-0.25, -0.2) is 4.98 Å². The number of ether oxygens (including phenoxy) is 1. The molecule has 3 rings (SSSR count). The normalized spacial score (nSPS) is 28.6. The van der Waals surface area contributed by atoms with Crippen molar-refractivity contribution < 1.29 is 14.6 Å². The van der Waals surface area contributed by atoms with Crippen molar-refractivity contribution in [3.63, 3.8) is 0 Å². The lowest BCUT2D eigenvalue weighted by molar-refractivity contribution is -0.122. The molecule has 3 N–H and O–H groups in total. The molecule has 2 aliphatic rings. The van der Waals surface area contributed by atoms with E-state index < -0.39 is 0 Å². The molecule has 25 heavy (non-hydrogen) atoms. The third-order valence-electron chi connectivity index (χ3n) is 4.94. The van der Waals surface area contributed by atoms with Gasteiger partial charge in [0, 0.05) is 11.8 Å². The van der Waals surface area contributed by atoms with Gasteiger partial charge in [0.1, 0.15) is 11.9 Å². The number of hydrogen-bond donors (Lipinski definition) is 3. The lowest BCUT2D eigenvalue weighted by Gasteiger charge is -2.22. The number of amides is 1. The summed E-state index contributed by atoms with van der Waals surface area (Å²) in [7, 11) is 0. The van der Waals surface area contributed by atoms with E-state index in [0.717, 1.165) is 0 Å². The number of rotatable bonds is 3. The van der Waals surface area contributed by atoms with Crippen molar-refractivity contribution >= 4 is 23.4 Å². The molecule has 0 saturated carbocycles. The predicted octanol–water partition coefficient (Wildman–Crippen LogP) is 1.38. The number of nitrogens with zero attached hydrogens (tertiary/aromatic N) is 3. The van der Waals surface area contributed by atoms with Crippen molar-refractivity contribution in [3.8, 4) is 0 Å². The second kappa shape index (κ2) is 6.61. The van der Waals surface area contributed by atoms with Gasteiger partial charge in [-0.1, -0.05) is 34.3 Å². The Morgan fingerprint density at radius 1 is 1.48 bits per heavy atom. The summed E-state index contributed by atoms with van der Waals surface area (Å²) in [5, 5.41) is 15.2. The Labute approximate surface area is 147 Å². The van der Waals surface area contributed by atoms with E-state index in [4.69, 9.17) is 4.74 Å². The summed E-state index contributed by atoms with van der Waals surface area (Å²) in [6.45, 7) is 11.7. The molecular formula is C17H25N5O3. The number of nitrogens with one attached hydrogen (secondary N) is 2. The largest absolute Gasteiger partial charge is 0.394 e. The number of guanidine groups is 1. The van der Waals surface area contributed by atoms with Gasteiger partial charge in [0.15, 0.2) is 5.82 Å². The molecule has 0 radical (unpaired) electrons. The van der Waals surface area contributed by atoms with E-state index in [2.05, 4.69) is 41.0 Å². The smallest absolute Gasteiger partial charge is 0.229 e. The van der Waals surface area contributed by atoms with Crippen LogP contribution in [-0.2, 0) is 9.53 Å². The molecule has 4 atom stereocenters. The Hall–Kier alpha value is -2.19. The van der Waals surface area contributed by atoms with Crippen LogP contribution >= 0.6 is 0 Å². The summed E-state index contributed by atoms with van der Waals surface area (Å²) in [5.74, 6) is 1.02. The number of aliphatic hydroxyl groups is 1. The van der Waals surface area contributed by atoms with Crippen LogP contribution in [0.5, 0.6) is 0 Å². The maximum Gasteiger partial charge on any atom is 0.229 e. The van der Waals surface area contributed by atoms with E-state index in [9.17, 15) is 9.90 Å². The topological polar surface area (TPSA) is 101 Å². The first-order valence-corrected chi connectivity index (χ1v) is 8.52. The molecule has 1 aromatic heterocycles. The van der Waals surface area contributed by atoms with E-state index in [1.54, 1.807) is 6.33 Å². The third kappa shape index (κ3) is 3.07. The first-order valence-electron chi connectivity index (χ1n) is 8.52. The lowest BCUT2D eigenvalue weighted by Crippen LogP contribution is -2.43. The highest BCUT2D eigenvalue weighted by molar-refractivity contribution is 6.04. The molecule has 8 heteroatoms. The van der Waals surface area contributed by atoms with Crippen LogP contribution in [0.4, 0.5) is 5.82 Å². The standard InChI is InChI=1S/C17H25N5O3/c1-8(2)15(24)21-17-19-11(5)13-14(20-17)22(7-18-13)16-10(4)9(3)12(6-23)25-16/h7-10,12,16,23H,5-6H2,1-4H3,(H2,19,20,21,24)/t9?,10?,12-,16-/m1/s1. The summed E-state index contributed by atoms with van der Waals surface area (Å²) in [6, 6.07) is 0. The fraction of sp³-hybridized carbons (Fsp3) is 0.588. The summed E-state index contributed by atoms with van der Waals surface area (Å²) in [6.07, 6.45) is 1.18. The molecular weight excluding hydrogens is 322 g/mol. The Balaban J connectivity index is 1.93. The van der Waals surface area contributed by atoms with Crippen molar-refractivity contribution in [2.75, 3.05) is 6.61 Å². The first-order chi connectivity index (χ1) is 11.8. The molecule has 1 aromatic rings. The van der Waals surface area contributed by atoms with Crippen molar-refractivity contribution in [1.82, 2.24) is 20.2 Å². The Morgan fingerprint density at radius 3 is 2.80 bits per heavy atom. The minimum absolute atomic E-state index is 0.0217. The number of carbonyl (C=O) groups is 1. The average Bonchev–Trinajstić information content (AvgIpc) is 3.10. The van der Waals surface area contributed by atoms with Crippen LogP contribution in [0.15, 0.2) is 17.9 Å². The molecule has 2 unspecified atom stereocenters. The van der Waals surface area contributed by atoms with Gasteiger partial charge < -0.3 is 15.2 Å². The zero-order valence-electron chi connectivity index (χ0n) is 15.0. The van der Waals surface area contributed by atoms with Crippen molar-refractivity contribution in [3.05, 3.63) is 18.6 Å². The third-order valence-corrected chi connectivity index (χ3v) is 4.94. The summed E-state index contributed by atoms with van der Waals surface area (Å²) in [5.41, 5.74) is 1.19. The van der Waals surface area contributed by atoms with Crippen LogP contribution < -0.4 is 10.6 Å². The van der Waals surface area contributed by atoms with Gasteiger partial charge in [-0.05, 0) is 5.92 Å². The van der Waals surface area contributed by atoms with Gasteiger partial charge in [-0.2, -0.15) is 4.99 Å². The summed E-state index contributed by atoms with van der Waals surface area (Å²) < 4.78 is 7.85. The molecule has 1 saturated heterocycles. The maximum absolute atomic E-state index is 11.9. The van der Waals surface area contributed by atoms with Gasteiger partial charge in [-0.3, -0.25) is 14.7 Å². The van der Waals surface area contributed by atoms with Crippen LogP contribution in [-0.4, -0.2) is 39.2 Å². The Kier molecular flexibility index (Phi) is 4.66. The maximum atomic E-state index is 11.9. The van der Waals surface area contributed by atoms with Crippen molar-refractivity contribution in [2.45, 2.75) is 40.0 Å². The number of imidazole rings is 1. The Bertz CT molecular complexity index is 724. The number of aliphatic hydroxyl groups excluding tert-OH is 1. The molecule has 136 valence electrons. The van der Waals surface area contributed by atoms with E-state index in [-0.39, 0.29) is 42.6 Å². The second-order valence-corrected chi connectivity index (χ2v) is 7.00. The molecule has 0 aromatic carbocycles. The molecule has 1 fully saturated rings. The lowest BCUT2D eigenvalue weighted by atomic mass is 9.93. The van der Waals surface area contributed by atoms with E-state index in [1.165, 1.54) is 0 Å². The van der Waals surface area contributed by atoms with Crippen LogP contribution in [0.2, 0.25) is 0 Å². The second-order valence-electron chi connectivity index (χ2n) is 7.00. The number of fused-ring (bicyclic) bond motifs is 1. The fourth-order valence-electron chi connectivity index (χ4n) is 3.07. The fourth-order valence-corrected chi connectivity index (χ4v) is 3.07. The van der Waals surface area contributed by atoms with Crippen LogP contribution in [0, 0.1) is 17.8 Å². The highest BCUT2D eigenvalue weighted by Crippen LogP contribution is 2.42. The number of aromatic nitrogens is 2. The van der Waals surface area contributed by atoms with Crippen molar-refractivity contribution in [2.24, 2.45) is 22.7 Å². The van der Waals surface area contributed by atoms with Gasteiger partial charge in [0.2, 0.25) is 11.9 Å². The summed E-state index contributed by atoms with van der Waals surface area (Å²) in [4.78, 5) is 20.8.